The van der Waals surface area contributed by atoms with Crippen molar-refractivity contribution < 1.29 is 4.79 Å². The molecular weight excluding hydrogens is 298 g/mol. The van der Waals surface area contributed by atoms with Gasteiger partial charge in [-0.25, -0.2) is 4.68 Å². The lowest BCUT2D eigenvalue weighted by molar-refractivity contribution is -0.118. The number of thioether (sulfide) groups is 1. The van der Waals surface area contributed by atoms with E-state index in [9.17, 15) is 4.79 Å². The summed E-state index contributed by atoms with van der Waals surface area (Å²) in [7, 11) is 0. The van der Waals surface area contributed by atoms with Crippen LogP contribution in [0.15, 0.2) is 29.4 Å². The summed E-state index contributed by atoms with van der Waals surface area (Å²) in [6.07, 6.45) is 3.10. The number of hydrogen-bond donors (Lipinski definition) is 1. The fourth-order valence-electron chi connectivity index (χ4n) is 2.24. The van der Waals surface area contributed by atoms with Crippen LogP contribution in [0.1, 0.15) is 30.0 Å². The van der Waals surface area contributed by atoms with Crippen LogP contribution in [0.4, 0.5) is 0 Å². The number of benzene rings is 1. The highest BCUT2D eigenvalue weighted by molar-refractivity contribution is 7.99. The Morgan fingerprint density at radius 2 is 2.23 bits per heavy atom. The standard InChI is InChI=1S/C15H19N5OS/c1-11-4-2-3-5-12(11)8-9-16-14(21)10-22-15-17-18-19-20(15)13-6-7-13/h2-5,13H,6-10H2,1H3,(H,16,21). The maximum Gasteiger partial charge on any atom is 0.230 e. The SMILES string of the molecule is Cc1ccccc1CCNC(=O)CSc1nnnn1C1CC1. The number of rotatable bonds is 7. The van der Waals surface area contributed by atoms with Crippen LogP contribution in [0.25, 0.3) is 0 Å². The van der Waals surface area contributed by atoms with Gasteiger partial charge in [-0.2, -0.15) is 0 Å². The predicted molar refractivity (Wildman–Crippen MR) is 84.7 cm³/mol. The van der Waals surface area contributed by atoms with Gasteiger partial charge in [0, 0.05) is 6.54 Å². The third-order valence-electron chi connectivity index (χ3n) is 3.67. The lowest BCUT2D eigenvalue weighted by Gasteiger charge is -2.07. The average Bonchev–Trinajstić information content (AvgIpc) is 3.25. The molecule has 0 saturated heterocycles. The zero-order chi connectivity index (χ0) is 15.4. The monoisotopic (exact) mass is 317 g/mol. The lowest BCUT2D eigenvalue weighted by Crippen LogP contribution is -2.27. The summed E-state index contributed by atoms with van der Waals surface area (Å²) in [4.78, 5) is 11.9. The Bertz CT molecular complexity index is 653. The first-order valence-electron chi connectivity index (χ1n) is 7.46. The first-order valence-corrected chi connectivity index (χ1v) is 8.44. The molecule has 1 amide bonds. The second kappa shape index (κ2) is 6.91. The van der Waals surface area contributed by atoms with Crippen molar-refractivity contribution in [1.82, 2.24) is 25.5 Å². The number of hydrogen-bond acceptors (Lipinski definition) is 5. The molecular formula is C15H19N5OS. The van der Waals surface area contributed by atoms with Gasteiger partial charge in [0.25, 0.3) is 0 Å². The van der Waals surface area contributed by atoms with Gasteiger partial charge in [-0.1, -0.05) is 36.0 Å². The molecule has 1 aromatic heterocycles. The smallest absolute Gasteiger partial charge is 0.230 e. The van der Waals surface area contributed by atoms with Crippen molar-refractivity contribution in [3.05, 3.63) is 35.4 Å². The summed E-state index contributed by atoms with van der Waals surface area (Å²) in [6, 6.07) is 8.67. The molecule has 1 aliphatic carbocycles. The van der Waals surface area contributed by atoms with Crippen molar-refractivity contribution >= 4 is 17.7 Å². The van der Waals surface area contributed by atoms with E-state index in [0.717, 1.165) is 24.4 Å². The van der Waals surface area contributed by atoms with Gasteiger partial charge in [-0.3, -0.25) is 4.79 Å². The van der Waals surface area contributed by atoms with E-state index in [1.54, 1.807) is 0 Å². The van der Waals surface area contributed by atoms with Gasteiger partial charge in [0.2, 0.25) is 11.1 Å². The maximum atomic E-state index is 11.9. The van der Waals surface area contributed by atoms with E-state index in [-0.39, 0.29) is 5.91 Å². The largest absolute Gasteiger partial charge is 0.355 e. The van der Waals surface area contributed by atoms with Gasteiger partial charge in [0.15, 0.2) is 0 Å². The molecule has 1 aromatic carbocycles. The third kappa shape index (κ3) is 3.85. The molecule has 1 aliphatic rings. The zero-order valence-corrected chi connectivity index (χ0v) is 13.3. The Balaban J connectivity index is 1.41. The number of aryl methyl sites for hydroxylation is 1. The molecule has 0 bridgehead atoms. The molecule has 1 saturated carbocycles. The number of carbonyl (C=O) groups excluding carboxylic acids is 1. The first kappa shape index (κ1) is 15.0. The van der Waals surface area contributed by atoms with Gasteiger partial charge in [0.05, 0.1) is 11.8 Å². The van der Waals surface area contributed by atoms with E-state index < -0.39 is 0 Å². The van der Waals surface area contributed by atoms with E-state index in [1.807, 2.05) is 16.8 Å². The summed E-state index contributed by atoms with van der Waals surface area (Å²) in [6.45, 7) is 2.74. The van der Waals surface area contributed by atoms with Crippen LogP contribution in [-0.4, -0.2) is 38.4 Å². The van der Waals surface area contributed by atoms with Crippen molar-refractivity contribution in [3.63, 3.8) is 0 Å². The number of carbonyl (C=O) groups is 1. The van der Waals surface area contributed by atoms with Crippen LogP contribution < -0.4 is 5.32 Å². The van der Waals surface area contributed by atoms with Crippen molar-refractivity contribution in [3.8, 4) is 0 Å². The summed E-state index contributed by atoms with van der Waals surface area (Å²) in [5.74, 6) is 0.366. The van der Waals surface area contributed by atoms with E-state index in [4.69, 9.17) is 0 Å². The molecule has 7 heteroatoms. The van der Waals surface area contributed by atoms with Crippen LogP contribution in [0, 0.1) is 6.92 Å². The molecule has 0 radical (unpaired) electrons. The number of amides is 1. The van der Waals surface area contributed by atoms with Crippen LogP contribution >= 0.6 is 11.8 Å². The fraction of sp³-hybridized carbons (Fsp3) is 0.467. The minimum atomic E-state index is 0.0175. The molecule has 22 heavy (non-hydrogen) atoms. The summed E-state index contributed by atoms with van der Waals surface area (Å²) in [5.41, 5.74) is 2.53. The second-order valence-corrected chi connectivity index (χ2v) is 6.39. The molecule has 0 spiro atoms. The van der Waals surface area contributed by atoms with Crippen molar-refractivity contribution in [1.29, 1.82) is 0 Å². The Kier molecular flexibility index (Phi) is 4.72. The van der Waals surface area contributed by atoms with Crippen molar-refractivity contribution in [2.45, 2.75) is 37.4 Å². The Labute approximate surface area is 133 Å². The third-order valence-corrected chi connectivity index (χ3v) is 4.60. The van der Waals surface area contributed by atoms with Crippen molar-refractivity contribution in [2.24, 2.45) is 0 Å². The quantitative estimate of drug-likeness (QED) is 0.788. The average molecular weight is 317 g/mol. The number of tetrazole rings is 1. The zero-order valence-electron chi connectivity index (χ0n) is 12.5. The molecule has 0 atom stereocenters. The number of nitrogens with one attached hydrogen (secondary N) is 1. The molecule has 3 rings (SSSR count). The van der Waals surface area contributed by atoms with E-state index in [1.165, 1.54) is 22.9 Å². The summed E-state index contributed by atoms with van der Waals surface area (Å²) < 4.78 is 1.82. The van der Waals surface area contributed by atoms with Crippen LogP contribution in [-0.2, 0) is 11.2 Å². The molecule has 1 heterocycles. The van der Waals surface area contributed by atoms with E-state index >= 15 is 0 Å². The Morgan fingerprint density at radius 1 is 1.41 bits per heavy atom. The van der Waals surface area contributed by atoms with E-state index in [0.29, 0.717) is 18.3 Å². The van der Waals surface area contributed by atoms with Crippen LogP contribution in [0.5, 0.6) is 0 Å². The van der Waals surface area contributed by atoms with Gasteiger partial charge in [-0.15, -0.1) is 5.10 Å². The topological polar surface area (TPSA) is 72.7 Å². The second-order valence-electron chi connectivity index (χ2n) is 5.45. The fourth-order valence-corrected chi connectivity index (χ4v) is 3.01. The van der Waals surface area contributed by atoms with Crippen LogP contribution in [0.3, 0.4) is 0 Å². The molecule has 2 aromatic rings. The highest BCUT2D eigenvalue weighted by Crippen LogP contribution is 2.36. The molecule has 1 N–H and O–H groups in total. The number of nitrogens with zero attached hydrogens (tertiary/aromatic N) is 4. The van der Waals surface area contributed by atoms with E-state index in [2.05, 4.69) is 39.9 Å². The first-order chi connectivity index (χ1) is 10.7. The summed E-state index contributed by atoms with van der Waals surface area (Å²) in [5, 5.41) is 15.3. The highest BCUT2D eigenvalue weighted by Gasteiger charge is 2.28. The normalized spacial score (nSPS) is 14.0. The Hall–Kier alpha value is -1.89. The van der Waals surface area contributed by atoms with Gasteiger partial charge >= 0.3 is 0 Å². The van der Waals surface area contributed by atoms with Gasteiger partial charge < -0.3 is 5.32 Å². The highest BCUT2D eigenvalue weighted by atomic mass is 32.2. The van der Waals surface area contributed by atoms with Gasteiger partial charge in [0.1, 0.15) is 0 Å². The maximum absolute atomic E-state index is 11.9. The van der Waals surface area contributed by atoms with Crippen LogP contribution in [0.2, 0.25) is 0 Å². The minimum Gasteiger partial charge on any atom is -0.355 e. The number of aromatic nitrogens is 4. The molecule has 116 valence electrons. The lowest BCUT2D eigenvalue weighted by atomic mass is 10.1. The molecule has 0 unspecified atom stereocenters. The minimum absolute atomic E-state index is 0.0175. The predicted octanol–water partition coefficient (Wildman–Crippen LogP) is 1.77. The van der Waals surface area contributed by atoms with Crippen molar-refractivity contribution in [2.75, 3.05) is 12.3 Å². The molecule has 6 nitrogen and oxygen atoms in total. The Morgan fingerprint density at radius 3 is 3.00 bits per heavy atom. The molecule has 1 fully saturated rings. The molecule has 0 aliphatic heterocycles. The summed E-state index contributed by atoms with van der Waals surface area (Å²) >= 11 is 1.39. The van der Waals surface area contributed by atoms with Gasteiger partial charge in [-0.05, 0) is 47.7 Å².